The molecule has 5 nitrogen and oxygen atoms in total. The Morgan fingerprint density at radius 3 is 2.41 bits per heavy atom. The van der Waals surface area contributed by atoms with Gasteiger partial charge in [0.25, 0.3) is 0 Å². The molecule has 4 rings (SSSR count). The smallest absolute Gasteiger partial charge is 0.407 e. The van der Waals surface area contributed by atoms with Crippen LogP contribution in [0.25, 0.3) is 11.8 Å². The second kappa shape index (κ2) is 7.56. The van der Waals surface area contributed by atoms with E-state index in [2.05, 4.69) is 17.3 Å². The third kappa shape index (κ3) is 3.85. The van der Waals surface area contributed by atoms with Crippen molar-refractivity contribution in [2.24, 2.45) is 5.92 Å². The van der Waals surface area contributed by atoms with Gasteiger partial charge in [-0.05, 0) is 55.7 Å². The Balaban J connectivity index is 1.62. The second-order valence-electron chi connectivity index (χ2n) is 7.21. The summed E-state index contributed by atoms with van der Waals surface area (Å²) in [6, 6.07) is 5.46. The van der Waals surface area contributed by atoms with Crippen LogP contribution in [0, 0.1) is 5.92 Å². The molecular formula is C20H21Cl2N3O2. The summed E-state index contributed by atoms with van der Waals surface area (Å²) in [6.45, 7) is 1.16. The molecule has 1 saturated carbocycles. The van der Waals surface area contributed by atoms with E-state index in [1.165, 1.54) is 23.3 Å². The van der Waals surface area contributed by atoms with Crippen molar-refractivity contribution in [2.75, 3.05) is 13.1 Å². The lowest BCUT2D eigenvalue weighted by molar-refractivity contribution is 0.129. The number of piperidine rings is 1. The number of rotatable bonds is 4. The van der Waals surface area contributed by atoms with Gasteiger partial charge in [0.15, 0.2) is 0 Å². The second-order valence-corrected chi connectivity index (χ2v) is 8.02. The van der Waals surface area contributed by atoms with Crippen LogP contribution in [-0.4, -0.2) is 39.0 Å². The average Bonchev–Trinajstić information content (AvgIpc) is 3.41. The topological polar surface area (TPSA) is 58.4 Å². The van der Waals surface area contributed by atoms with E-state index in [4.69, 9.17) is 28.3 Å². The highest BCUT2D eigenvalue weighted by molar-refractivity contribution is 6.37. The Morgan fingerprint density at radius 2 is 1.81 bits per heavy atom. The van der Waals surface area contributed by atoms with Gasteiger partial charge in [-0.15, -0.1) is 0 Å². The largest absolute Gasteiger partial charge is 0.465 e. The van der Waals surface area contributed by atoms with Crippen molar-refractivity contribution in [1.29, 1.82) is 0 Å². The van der Waals surface area contributed by atoms with Gasteiger partial charge in [0.1, 0.15) is 5.69 Å². The average molecular weight is 406 g/mol. The van der Waals surface area contributed by atoms with E-state index in [0.717, 1.165) is 18.5 Å². The Labute approximate surface area is 168 Å². The summed E-state index contributed by atoms with van der Waals surface area (Å²) >= 11 is 12.8. The molecule has 142 valence electrons. The highest BCUT2D eigenvalue weighted by atomic mass is 35.5. The van der Waals surface area contributed by atoms with E-state index in [1.54, 1.807) is 0 Å². The minimum atomic E-state index is -0.833. The minimum Gasteiger partial charge on any atom is -0.465 e. The van der Waals surface area contributed by atoms with Crippen molar-refractivity contribution in [3.8, 4) is 5.69 Å². The molecule has 0 radical (unpaired) electrons. The Bertz CT molecular complexity index is 861. The summed E-state index contributed by atoms with van der Waals surface area (Å²) in [5.74, 6) is 0.909. The molecule has 1 aromatic carbocycles. The van der Waals surface area contributed by atoms with Crippen molar-refractivity contribution < 1.29 is 9.90 Å². The first-order valence-electron chi connectivity index (χ1n) is 9.23. The van der Waals surface area contributed by atoms with Gasteiger partial charge in [-0.1, -0.05) is 35.3 Å². The van der Waals surface area contributed by atoms with Crippen molar-refractivity contribution >= 4 is 35.4 Å². The predicted octanol–water partition coefficient (Wildman–Crippen LogP) is 5.46. The lowest BCUT2D eigenvalue weighted by Crippen LogP contribution is -2.36. The van der Waals surface area contributed by atoms with Crippen molar-refractivity contribution in [3.05, 3.63) is 51.8 Å². The van der Waals surface area contributed by atoms with Crippen molar-refractivity contribution in [1.82, 2.24) is 14.7 Å². The van der Waals surface area contributed by atoms with Crippen LogP contribution in [0.3, 0.4) is 0 Å². The number of amides is 1. The predicted molar refractivity (Wildman–Crippen MR) is 107 cm³/mol. The Kier molecular flexibility index (Phi) is 5.15. The molecule has 7 heteroatoms. The van der Waals surface area contributed by atoms with E-state index < -0.39 is 6.09 Å². The molecule has 1 aliphatic heterocycles. The molecule has 2 heterocycles. The highest BCUT2D eigenvalue weighted by Gasteiger charge is 2.29. The van der Waals surface area contributed by atoms with Gasteiger partial charge in [0.05, 0.1) is 21.9 Å². The number of nitrogens with zero attached hydrogens (tertiary/aromatic N) is 3. The fourth-order valence-electron chi connectivity index (χ4n) is 3.63. The molecule has 0 unspecified atom stereocenters. The monoisotopic (exact) mass is 405 g/mol. The summed E-state index contributed by atoms with van der Waals surface area (Å²) < 4.78 is 1.83. The molecule has 2 aliphatic rings. The third-order valence-electron chi connectivity index (χ3n) is 5.34. The first-order chi connectivity index (χ1) is 13.0. The van der Waals surface area contributed by atoms with Crippen LogP contribution in [0.1, 0.15) is 42.9 Å². The molecule has 2 fully saturated rings. The lowest BCUT2D eigenvalue weighted by atomic mass is 9.96. The summed E-state index contributed by atoms with van der Waals surface area (Å²) in [7, 11) is 0. The summed E-state index contributed by atoms with van der Waals surface area (Å²) in [6.07, 6.45) is 9.42. The minimum absolute atomic E-state index is 0.359. The van der Waals surface area contributed by atoms with E-state index in [1.807, 2.05) is 29.1 Å². The highest BCUT2D eigenvalue weighted by Crippen LogP contribution is 2.43. The molecular weight excluding hydrogens is 385 g/mol. The van der Waals surface area contributed by atoms with Crippen LogP contribution >= 0.6 is 23.2 Å². The molecule has 1 amide bonds. The summed E-state index contributed by atoms with van der Waals surface area (Å²) in [5, 5.41) is 14.8. The number of para-hydroxylation sites is 1. The maximum Gasteiger partial charge on any atom is 0.407 e. The van der Waals surface area contributed by atoms with E-state index >= 15 is 0 Å². The van der Waals surface area contributed by atoms with Gasteiger partial charge in [-0.2, -0.15) is 5.10 Å². The quantitative estimate of drug-likeness (QED) is 0.734. The van der Waals surface area contributed by atoms with Crippen LogP contribution in [0.2, 0.25) is 10.0 Å². The number of carboxylic acid groups (broad SMARTS) is 1. The number of hydrogen-bond acceptors (Lipinski definition) is 2. The van der Waals surface area contributed by atoms with Crippen molar-refractivity contribution in [3.63, 3.8) is 0 Å². The normalized spacial score (nSPS) is 18.4. The standard InChI is InChI=1S/C20H21Cl2N3O2/c21-16-2-1-3-17(22)19(16)25-18(15(12-23-25)14-5-6-14)7-4-13-8-10-24(11-9-13)20(26)27/h1-4,7,12-14H,5-6,8-11H2,(H,26,27)/b7-4+. The first-order valence-corrected chi connectivity index (χ1v) is 9.98. The van der Waals surface area contributed by atoms with Gasteiger partial charge in [-0.3, -0.25) is 0 Å². The molecule has 2 aromatic rings. The van der Waals surface area contributed by atoms with Gasteiger partial charge >= 0.3 is 6.09 Å². The molecule has 0 bridgehead atoms. The number of halogens is 2. The third-order valence-corrected chi connectivity index (χ3v) is 5.95. The number of hydrogen-bond donors (Lipinski definition) is 1. The molecule has 0 spiro atoms. The van der Waals surface area contributed by atoms with Crippen LogP contribution in [-0.2, 0) is 0 Å². The van der Waals surface area contributed by atoms with Crippen molar-refractivity contribution in [2.45, 2.75) is 31.6 Å². The number of carbonyl (C=O) groups is 1. The van der Waals surface area contributed by atoms with Gasteiger partial charge in [-0.25, -0.2) is 9.48 Å². The molecule has 1 saturated heterocycles. The SMILES string of the molecule is O=C(O)N1CCC(/C=C/c2c(C3CC3)cnn2-c2c(Cl)cccc2Cl)CC1. The molecule has 27 heavy (non-hydrogen) atoms. The number of allylic oxidation sites excluding steroid dienone is 1. The maximum absolute atomic E-state index is 11.1. The number of benzene rings is 1. The molecule has 1 N–H and O–H groups in total. The zero-order valence-electron chi connectivity index (χ0n) is 14.8. The fourth-order valence-corrected chi connectivity index (χ4v) is 4.18. The van der Waals surface area contributed by atoms with E-state index in [0.29, 0.717) is 40.7 Å². The summed E-state index contributed by atoms with van der Waals surface area (Å²) in [5.41, 5.74) is 2.95. The van der Waals surface area contributed by atoms with Gasteiger partial charge in [0.2, 0.25) is 0 Å². The summed E-state index contributed by atoms with van der Waals surface area (Å²) in [4.78, 5) is 12.5. The lowest BCUT2D eigenvalue weighted by Gasteiger charge is -2.28. The van der Waals surface area contributed by atoms with Gasteiger partial charge in [0, 0.05) is 18.7 Å². The van der Waals surface area contributed by atoms with Crippen LogP contribution in [0.5, 0.6) is 0 Å². The zero-order valence-corrected chi connectivity index (χ0v) is 16.3. The Hall–Kier alpha value is -1.98. The number of likely N-dealkylation sites (tertiary alicyclic amines) is 1. The molecule has 0 atom stereocenters. The maximum atomic E-state index is 11.1. The van der Waals surface area contributed by atoms with Crippen LogP contribution in [0.4, 0.5) is 4.79 Å². The van der Waals surface area contributed by atoms with Crippen LogP contribution < -0.4 is 0 Å². The van der Waals surface area contributed by atoms with Crippen LogP contribution in [0.15, 0.2) is 30.5 Å². The zero-order chi connectivity index (χ0) is 19.0. The molecule has 1 aliphatic carbocycles. The van der Waals surface area contributed by atoms with E-state index in [9.17, 15) is 4.79 Å². The fraction of sp³-hybridized carbons (Fsp3) is 0.400. The Morgan fingerprint density at radius 1 is 1.15 bits per heavy atom. The first kappa shape index (κ1) is 18.4. The van der Waals surface area contributed by atoms with Gasteiger partial charge < -0.3 is 10.0 Å². The van der Waals surface area contributed by atoms with E-state index in [-0.39, 0.29) is 0 Å². The number of aromatic nitrogens is 2. The molecule has 1 aromatic heterocycles.